The maximum atomic E-state index is 12.8. The molecular weight excluding hydrogens is 337 g/mol. The first-order chi connectivity index (χ1) is 9.24. The summed E-state index contributed by atoms with van der Waals surface area (Å²) in [6.45, 7) is 4.45. The van der Waals surface area contributed by atoms with E-state index in [0.717, 1.165) is 6.07 Å². The Hall–Kier alpha value is -1.28. The lowest BCUT2D eigenvalue weighted by Gasteiger charge is -2.14. The summed E-state index contributed by atoms with van der Waals surface area (Å²) in [6.07, 6.45) is -4.43. The predicted molar refractivity (Wildman–Crippen MR) is 77.2 cm³/mol. The second-order valence-electron chi connectivity index (χ2n) is 4.54. The van der Waals surface area contributed by atoms with Gasteiger partial charge in [0.25, 0.3) is 0 Å². The number of aliphatic imine (C=N–C) groups is 1. The molecule has 8 heteroatoms. The first-order valence-corrected chi connectivity index (χ1v) is 6.68. The number of nitrogens with one attached hydrogen (secondary N) is 2. The number of hydrogen-bond acceptors (Lipinski definition) is 2. The van der Waals surface area contributed by atoms with Crippen LogP contribution in [0.5, 0.6) is 0 Å². The average molecular weight is 353 g/mol. The summed E-state index contributed by atoms with van der Waals surface area (Å²) in [5, 5.41) is 2.72. The Labute approximate surface area is 123 Å². The molecule has 0 fully saturated rings. The van der Waals surface area contributed by atoms with E-state index in [4.69, 9.17) is 5.84 Å². The number of anilines is 1. The van der Waals surface area contributed by atoms with Gasteiger partial charge in [0.05, 0.1) is 5.56 Å². The zero-order valence-corrected chi connectivity index (χ0v) is 12.6. The molecule has 0 radical (unpaired) electrons. The molecule has 0 bridgehead atoms. The molecule has 0 aliphatic carbocycles. The molecule has 4 nitrogen and oxygen atoms in total. The predicted octanol–water partition coefficient (Wildman–Crippen LogP) is 3.36. The minimum Gasteiger partial charge on any atom is -0.325 e. The quantitative estimate of drug-likeness (QED) is 0.338. The highest BCUT2D eigenvalue weighted by molar-refractivity contribution is 9.10. The lowest BCUT2D eigenvalue weighted by atomic mass is 10.2. The van der Waals surface area contributed by atoms with Gasteiger partial charge >= 0.3 is 6.18 Å². The third-order valence-electron chi connectivity index (χ3n) is 2.29. The van der Waals surface area contributed by atoms with Crippen molar-refractivity contribution < 1.29 is 13.2 Å². The molecule has 1 aromatic rings. The number of benzene rings is 1. The van der Waals surface area contributed by atoms with Crippen molar-refractivity contribution in [3.05, 3.63) is 28.2 Å². The second-order valence-corrected chi connectivity index (χ2v) is 5.40. The Kier molecular flexibility index (Phi) is 5.82. The van der Waals surface area contributed by atoms with Gasteiger partial charge in [0.2, 0.25) is 5.96 Å². The third kappa shape index (κ3) is 5.01. The van der Waals surface area contributed by atoms with Crippen molar-refractivity contribution in [2.75, 3.05) is 11.9 Å². The summed E-state index contributed by atoms with van der Waals surface area (Å²) in [4.78, 5) is 4.13. The molecule has 0 heterocycles. The number of nitrogens with zero attached hydrogens (tertiary/aromatic N) is 1. The standard InChI is InChI=1S/C12H16BrF3N4/c1-7(2)6-18-11(20-17)19-8-3-4-10(13)9(5-8)12(14,15)16/h3-5,7H,6,17H2,1-2H3,(H2,18,19,20). The summed E-state index contributed by atoms with van der Waals surface area (Å²) in [5.41, 5.74) is 1.81. The van der Waals surface area contributed by atoms with Crippen LogP contribution in [0.3, 0.4) is 0 Å². The molecule has 1 aromatic carbocycles. The minimum absolute atomic E-state index is 0.0167. The smallest absolute Gasteiger partial charge is 0.325 e. The van der Waals surface area contributed by atoms with E-state index in [0.29, 0.717) is 12.5 Å². The molecule has 0 unspecified atom stereocenters. The number of guanidine groups is 1. The topological polar surface area (TPSA) is 62.4 Å². The zero-order valence-electron chi connectivity index (χ0n) is 11.1. The van der Waals surface area contributed by atoms with Crippen molar-refractivity contribution in [3.63, 3.8) is 0 Å². The number of hydrogen-bond donors (Lipinski definition) is 3. The Morgan fingerprint density at radius 3 is 2.55 bits per heavy atom. The molecule has 20 heavy (non-hydrogen) atoms. The zero-order chi connectivity index (χ0) is 15.3. The molecule has 0 amide bonds. The summed E-state index contributed by atoms with van der Waals surface area (Å²) >= 11 is 2.88. The average Bonchev–Trinajstić information content (AvgIpc) is 2.34. The van der Waals surface area contributed by atoms with E-state index in [-0.39, 0.29) is 16.1 Å². The van der Waals surface area contributed by atoms with Crippen LogP contribution < -0.4 is 16.6 Å². The van der Waals surface area contributed by atoms with Crippen LogP contribution in [0.25, 0.3) is 0 Å². The van der Waals surface area contributed by atoms with Gasteiger partial charge in [-0.3, -0.25) is 10.4 Å². The highest BCUT2D eigenvalue weighted by Crippen LogP contribution is 2.36. The first kappa shape index (κ1) is 16.8. The molecule has 0 aliphatic rings. The first-order valence-electron chi connectivity index (χ1n) is 5.89. The van der Waals surface area contributed by atoms with Crippen molar-refractivity contribution in [2.24, 2.45) is 16.8 Å². The molecule has 0 saturated heterocycles. The van der Waals surface area contributed by atoms with Crippen molar-refractivity contribution in [2.45, 2.75) is 20.0 Å². The van der Waals surface area contributed by atoms with Gasteiger partial charge in [0, 0.05) is 16.7 Å². The fourth-order valence-electron chi connectivity index (χ4n) is 1.35. The van der Waals surface area contributed by atoms with Gasteiger partial charge in [0.1, 0.15) is 0 Å². The monoisotopic (exact) mass is 352 g/mol. The van der Waals surface area contributed by atoms with Crippen molar-refractivity contribution >= 4 is 27.6 Å². The van der Waals surface area contributed by atoms with E-state index in [9.17, 15) is 13.2 Å². The Balaban J connectivity index is 2.95. The maximum Gasteiger partial charge on any atom is 0.417 e. The summed E-state index contributed by atoms with van der Waals surface area (Å²) < 4.78 is 38.3. The van der Waals surface area contributed by atoms with Gasteiger partial charge in [-0.2, -0.15) is 13.2 Å². The normalized spacial score (nSPS) is 12.7. The minimum atomic E-state index is -4.43. The third-order valence-corrected chi connectivity index (χ3v) is 2.98. The van der Waals surface area contributed by atoms with Crippen LogP contribution in [-0.2, 0) is 6.18 Å². The fourth-order valence-corrected chi connectivity index (χ4v) is 1.82. The summed E-state index contributed by atoms with van der Waals surface area (Å²) in [7, 11) is 0. The van der Waals surface area contributed by atoms with Crippen molar-refractivity contribution in [3.8, 4) is 0 Å². The van der Waals surface area contributed by atoms with Crippen LogP contribution in [0.2, 0.25) is 0 Å². The summed E-state index contributed by atoms with van der Waals surface area (Å²) in [6, 6.07) is 3.82. The second kappa shape index (κ2) is 6.94. The van der Waals surface area contributed by atoms with Crippen LogP contribution >= 0.6 is 15.9 Å². The number of nitrogens with two attached hydrogens (primary N) is 1. The van der Waals surface area contributed by atoms with Gasteiger partial charge in [-0.15, -0.1) is 0 Å². The lowest BCUT2D eigenvalue weighted by Crippen LogP contribution is -2.36. The molecule has 1 rings (SSSR count). The van der Waals surface area contributed by atoms with E-state index >= 15 is 0 Å². The highest BCUT2D eigenvalue weighted by Gasteiger charge is 2.33. The van der Waals surface area contributed by atoms with E-state index < -0.39 is 11.7 Å². The largest absolute Gasteiger partial charge is 0.417 e. The fraction of sp³-hybridized carbons (Fsp3) is 0.417. The Morgan fingerprint density at radius 2 is 2.05 bits per heavy atom. The van der Waals surface area contributed by atoms with Gasteiger partial charge in [-0.25, -0.2) is 5.84 Å². The summed E-state index contributed by atoms with van der Waals surface area (Å²) in [5.74, 6) is 5.82. The highest BCUT2D eigenvalue weighted by atomic mass is 79.9. The van der Waals surface area contributed by atoms with E-state index in [1.807, 2.05) is 13.8 Å². The van der Waals surface area contributed by atoms with Crippen LogP contribution in [0.1, 0.15) is 19.4 Å². The van der Waals surface area contributed by atoms with Crippen LogP contribution in [-0.4, -0.2) is 12.5 Å². The number of halogens is 4. The van der Waals surface area contributed by atoms with Crippen LogP contribution in [0.15, 0.2) is 27.7 Å². The van der Waals surface area contributed by atoms with Gasteiger partial charge < -0.3 is 5.32 Å². The molecule has 112 valence electrons. The van der Waals surface area contributed by atoms with Crippen LogP contribution in [0.4, 0.5) is 18.9 Å². The molecule has 0 aliphatic heterocycles. The maximum absolute atomic E-state index is 12.8. The molecule has 0 aromatic heterocycles. The number of hydrazine groups is 1. The van der Waals surface area contributed by atoms with Crippen molar-refractivity contribution in [1.29, 1.82) is 0 Å². The van der Waals surface area contributed by atoms with Crippen LogP contribution in [0, 0.1) is 5.92 Å². The van der Waals surface area contributed by atoms with Crippen molar-refractivity contribution in [1.82, 2.24) is 5.43 Å². The Bertz CT molecular complexity index is 486. The number of rotatable bonds is 3. The number of alkyl halides is 3. The van der Waals surface area contributed by atoms with E-state index in [2.05, 4.69) is 31.7 Å². The molecule has 0 atom stereocenters. The molecule has 4 N–H and O–H groups in total. The van der Waals surface area contributed by atoms with Gasteiger partial charge in [0.15, 0.2) is 0 Å². The van der Waals surface area contributed by atoms with E-state index in [1.165, 1.54) is 12.1 Å². The van der Waals surface area contributed by atoms with E-state index in [1.54, 1.807) is 0 Å². The van der Waals surface area contributed by atoms with Gasteiger partial charge in [-0.05, 0) is 24.1 Å². The SMILES string of the molecule is CC(C)CN=C(NN)Nc1ccc(Br)c(C(F)(F)F)c1. The Morgan fingerprint density at radius 1 is 1.40 bits per heavy atom. The molecule has 0 saturated carbocycles. The lowest BCUT2D eigenvalue weighted by molar-refractivity contribution is -0.138. The molecular formula is C12H16BrF3N4. The van der Waals surface area contributed by atoms with Gasteiger partial charge in [-0.1, -0.05) is 29.8 Å². The molecule has 0 spiro atoms.